The van der Waals surface area contributed by atoms with E-state index in [-0.39, 0.29) is 29.8 Å². The molecule has 0 saturated heterocycles. The molecule has 7 nitrogen and oxygen atoms in total. The molecule has 0 aliphatic heterocycles. The number of carbonyl (C=O) groups excluding carboxylic acids is 1. The number of pyridine rings is 1. The molecule has 0 unspecified atom stereocenters. The number of amides is 1. The van der Waals surface area contributed by atoms with Crippen LogP contribution in [0.2, 0.25) is 0 Å². The van der Waals surface area contributed by atoms with E-state index in [1.54, 1.807) is 35.9 Å². The number of carbonyl (C=O) groups is 1. The molecular weight excluding hydrogens is 464 g/mol. The first-order valence-electron chi connectivity index (χ1n) is 10.5. The Labute approximate surface area is 197 Å². The standard InChI is InChI=1S/C24H20F4N6O/c1-34-21(32-33-22(34)18-9-10-29-13-20(18)25)14-30-17-7-4-6-15(11-17)23(35)31-12-16-5-2-3-8-19(16)24(26,27)28/h2-11,13,30H,12,14H2,1H3,(H,31,35). The van der Waals surface area contributed by atoms with Gasteiger partial charge in [0.1, 0.15) is 0 Å². The lowest BCUT2D eigenvalue weighted by Crippen LogP contribution is -2.24. The molecule has 4 rings (SSSR count). The van der Waals surface area contributed by atoms with E-state index in [9.17, 15) is 22.4 Å². The lowest BCUT2D eigenvalue weighted by Gasteiger charge is -2.13. The van der Waals surface area contributed by atoms with E-state index in [4.69, 9.17) is 0 Å². The van der Waals surface area contributed by atoms with Crippen molar-refractivity contribution in [1.82, 2.24) is 25.1 Å². The van der Waals surface area contributed by atoms with Gasteiger partial charge in [0.15, 0.2) is 17.5 Å². The number of halogens is 4. The summed E-state index contributed by atoms with van der Waals surface area (Å²) in [4.78, 5) is 16.3. The van der Waals surface area contributed by atoms with Gasteiger partial charge in [-0.25, -0.2) is 4.39 Å². The van der Waals surface area contributed by atoms with E-state index in [2.05, 4.69) is 25.8 Å². The molecule has 180 valence electrons. The Kier molecular flexibility index (Phi) is 6.76. The highest BCUT2D eigenvalue weighted by atomic mass is 19.4. The summed E-state index contributed by atoms with van der Waals surface area (Å²) in [6.07, 6.45) is -1.95. The van der Waals surface area contributed by atoms with Crippen LogP contribution in [0, 0.1) is 5.82 Å². The van der Waals surface area contributed by atoms with Crippen LogP contribution >= 0.6 is 0 Å². The topological polar surface area (TPSA) is 84.7 Å². The highest BCUT2D eigenvalue weighted by Crippen LogP contribution is 2.31. The Morgan fingerprint density at radius 3 is 2.60 bits per heavy atom. The molecule has 0 fully saturated rings. The molecule has 11 heteroatoms. The lowest BCUT2D eigenvalue weighted by molar-refractivity contribution is -0.138. The number of nitrogens with one attached hydrogen (secondary N) is 2. The highest BCUT2D eigenvalue weighted by molar-refractivity contribution is 5.95. The van der Waals surface area contributed by atoms with E-state index < -0.39 is 23.5 Å². The Hall–Kier alpha value is -4.28. The molecule has 35 heavy (non-hydrogen) atoms. The van der Waals surface area contributed by atoms with Gasteiger partial charge in [0.2, 0.25) is 0 Å². The Morgan fingerprint density at radius 1 is 1.03 bits per heavy atom. The van der Waals surface area contributed by atoms with E-state index in [0.29, 0.717) is 17.3 Å². The van der Waals surface area contributed by atoms with Gasteiger partial charge in [-0.2, -0.15) is 13.2 Å². The molecule has 2 aromatic carbocycles. The van der Waals surface area contributed by atoms with Gasteiger partial charge in [-0.05, 0) is 35.9 Å². The average Bonchev–Trinajstić information content (AvgIpc) is 3.21. The second-order valence-electron chi connectivity index (χ2n) is 7.63. The fraction of sp³-hybridized carbons (Fsp3) is 0.167. The van der Waals surface area contributed by atoms with Gasteiger partial charge in [-0.3, -0.25) is 9.78 Å². The molecule has 2 N–H and O–H groups in total. The van der Waals surface area contributed by atoms with Crippen LogP contribution in [-0.4, -0.2) is 25.7 Å². The first kappa shape index (κ1) is 23.9. The Balaban J connectivity index is 1.41. The predicted octanol–water partition coefficient (Wildman–Crippen LogP) is 4.58. The third kappa shape index (κ3) is 5.45. The molecule has 0 radical (unpaired) electrons. The van der Waals surface area contributed by atoms with Crippen LogP contribution in [0.15, 0.2) is 67.0 Å². The van der Waals surface area contributed by atoms with Crippen molar-refractivity contribution in [1.29, 1.82) is 0 Å². The summed E-state index contributed by atoms with van der Waals surface area (Å²) < 4.78 is 55.2. The Bertz CT molecular complexity index is 1350. The van der Waals surface area contributed by atoms with Gasteiger partial charge in [0, 0.05) is 31.0 Å². The molecule has 0 aliphatic rings. The maximum Gasteiger partial charge on any atom is 0.416 e. The molecule has 4 aromatic rings. The van der Waals surface area contributed by atoms with E-state index in [1.807, 2.05) is 0 Å². The second-order valence-corrected chi connectivity index (χ2v) is 7.63. The van der Waals surface area contributed by atoms with Crippen LogP contribution in [0.5, 0.6) is 0 Å². The monoisotopic (exact) mass is 484 g/mol. The van der Waals surface area contributed by atoms with Gasteiger partial charge in [-0.15, -0.1) is 10.2 Å². The van der Waals surface area contributed by atoms with Crippen LogP contribution in [-0.2, 0) is 26.3 Å². The maximum absolute atomic E-state index is 14.0. The number of aromatic nitrogens is 4. The molecule has 0 spiro atoms. The summed E-state index contributed by atoms with van der Waals surface area (Å²) in [7, 11) is 1.70. The Morgan fingerprint density at radius 2 is 1.83 bits per heavy atom. The van der Waals surface area contributed by atoms with Gasteiger partial charge in [-0.1, -0.05) is 24.3 Å². The van der Waals surface area contributed by atoms with Crippen molar-refractivity contribution in [2.24, 2.45) is 7.05 Å². The third-order valence-electron chi connectivity index (χ3n) is 5.32. The summed E-state index contributed by atoms with van der Waals surface area (Å²) in [6.45, 7) is -0.0281. The fourth-order valence-corrected chi connectivity index (χ4v) is 3.49. The fourth-order valence-electron chi connectivity index (χ4n) is 3.49. The normalized spacial score (nSPS) is 11.3. The van der Waals surface area contributed by atoms with E-state index in [0.717, 1.165) is 12.3 Å². The number of anilines is 1. The third-order valence-corrected chi connectivity index (χ3v) is 5.32. The minimum absolute atomic E-state index is 0.0219. The summed E-state index contributed by atoms with van der Waals surface area (Å²) in [5.74, 6) is -0.164. The van der Waals surface area contributed by atoms with Gasteiger partial charge < -0.3 is 15.2 Å². The predicted molar refractivity (Wildman–Crippen MR) is 121 cm³/mol. The quantitative estimate of drug-likeness (QED) is 0.375. The maximum atomic E-state index is 14.0. The molecule has 2 heterocycles. The molecule has 0 saturated carbocycles. The lowest BCUT2D eigenvalue weighted by atomic mass is 10.1. The van der Waals surface area contributed by atoms with E-state index >= 15 is 0 Å². The van der Waals surface area contributed by atoms with Crippen LogP contribution in [0.1, 0.15) is 27.3 Å². The minimum Gasteiger partial charge on any atom is -0.378 e. The molecule has 1 amide bonds. The number of benzene rings is 2. The first-order valence-corrected chi connectivity index (χ1v) is 10.5. The van der Waals surface area contributed by atoms with Crippen LogP contribution < -0.4 is 10.6 Å². The van der Waals surface area contributed by atoms with Gasteiger partial charge >= 0.3 is 6.18 Å². The minimum atomic E-state index is -4.51. The average molecular weight is 484 g/mol. The molecular formula is C24H20F4N6O. The molecule has 0 bridgehead atoms. The van der Waals surface area contributed by atoms with Crippen molar-refractivity contribution in [3.63, 3.8) is 0 Å². The van der Waals surface area contributed by atoms with Crippen molar-refractivity contribution in [2.75, 3.05) is 5.32 Å². The van der Waals surface area contributed by atoms with Crippen LogP contribution in [0.25, 0.3) is 11.4 Å². The van der Waals surface area contributed by atoms with Crippen LogP contribution in [0.3, 0.4) is 0 Å². The zero-order valence-electron chi connectivity index (χ0n) is 18.5. The van der Waals surface area contributed by atoms with Crippen molar-refractivity contribution < 1.29 is 22.4 Å². The molecule has 2 aromatic heterocycles. The number of rotatable bonds is 7. The van der Waals surface area contributed by atoms with Crippen molar-refractivity contribution in [3.8, 4) is 11.4 Å². The summed E-state index contributed by atoms with van der Waals surface area (Å²) in [6, 6.07) is 13.1. The van der Waals surface area contributed by atoms with E-state index in [1.165, 1.54) is 30.5 Å². The number of nitrogens with zero attached hydrogens (tertiary/aromatic N) is 4. The largest absolute Gasteiger partial charge is 0.416 e. The number of alkyl halides is 3. The van der Waals surface area contributed by atoms with Crippen molar-refractivity contribution >= 4 is 11.6 Å². The first-order chi connectivity index (χ1) is 16.7. The molecule has 0 atom stereocenters. The van der Waals surface area contributed by atoms with Gasteiger partial charge in [0.05, 0.1) is 23.9 Å². The van der Waals surface area contributed by atoms with Crippen molar-refractivity contribution in [2.45, 2.75) is 19.3 Å². The van der Waals surface area contributed by atoms with Crippen LogP contribution in [0.4, 0.5) is 23.2 Å². The zero-order valence-corrected chi connectivity index (χ0v) is 18.5. The van der Waals surface area contributed by atoms with Crippen molar-refractivity contribution in [3.05, 3.63) is 95.3 Å². The zero-order chi connectivity index (χ0) is 25.0. The number of hydrogen-bond donors (Lipinski definition) is 2. The second kappa shape index (κ2) is 9.92. The summed E-state index contributed by atoms with van der Waals surface area (Å²) in [5, 5.41) is 13.8. The summed E-state index contributed by atoms with van der Waals surface area (Å²) in [5.41, 5.74) is 0.328. The smallest absolute Gasteiger partial charge is 0.378 e. The number of hydrogen-bond acceptors (Lipinski definition) is 5. The highest BCUT2D eigenvalue weighted by Gasteiger charge is 2.32. The molecule has 0 aliphatic carbocycles. The SMILES string of the molecule is Cn1c(CNc2cccc(C(=O)NCc3ccccc3C(F)(F)F)c2)nnc1-c1ccncc1F. The summed E-state index contributed by atoms with van der Waals surface area (Å²) >= 11 is 0. The van der Waals surface area contributed by atoms with Gasteiger partial charge in [0.25, 0.3) is 5.91 Å².